The van der Waals surface area contributed by atoms with Crippen molar-refractivity contribution in [3.8, 4) is 0 Å². The lowest BCUT2D eigenvalue weighted by Crippen LogP contribution is -2.47. The molecule has 0 atom stereocenters. The smallest absolute Gasteiger partial charge is 0.253 e. The Morgan fingerprint density at radius 1 is 0.808 bits per heavy atom. The molecule has 1 amide bonds. The van der Waals surface area contributed by atoms with E-state index in [9.17, 15) is 9.59 Å². The summed E-state index contributed by atoms with van der Waals surface area (Å²) in [6.45, 7) is 9.27. The van der Waals surface area contributed by atoms with E-state index in [-0.39, 0.29) is 11.7 Å². The molecule has 1 heterocycles. The number of piperazine rings is 1. The maximum Gasteiger partial charge on any atom is 0.253 e. The van der Waals surface area contributed by atoms with Crippen molar-refractivity contribution in [3.63, 3.8) is 0 Å². The number of likely N-dealkylation sites (N-methyl/N-ethyl adjacent to an activating group) is 1. The number of rotatable bonds is 3. The number of hydrogen-bond acceptors (Lipinski definition) is 3. The van der Waals surface area contributed by atoms with Crippen molar-refractivity contribution >= 4 is 11.7 Å². The highest BCUT2D eigenvalue weighted by Crippen LogP contribution is 2.21. The van der Waals surface area contributed by atoms with Gasteiger partial charge in [0.1, 0.15) is 0 Å². The molecule has 0 saturated carbocycles. The molecule has 4 nitrogen and oxygen atoms in total. The van der Waals surface area contributed by atoms with Gasteiger partial charge in [0.15, 0.2) is 5.78 Å². The maximum atomic E-state index is 12.9. The summed E-state index contributed by atoms with van der Waals surface area (Å²) in [6.07, 6.45) is 0. The van der Waals surface area contributed by atoms with E-state index < -0.39 is 0 Å². The van der Waals surface area contributed by atoms with Crippen LogP contribution in [0.3, 0.4) is 0 Å². The van der Waals surface area contributed by atoms with E-state index in [0.717, 1.165) is 48.4 Å². The molecule has 26 heavy (non-hydrogen) atoms. The molecule has 0 bridgehead atoms. The molecular formula is C22H26N2O2. The van der Waals surface area contributed by atoms with Crippen molar-refractivity contribution in [2.24, 2.45) is 0 Å². The second-order valence-electron chi connectivity index (χ2n) is 7.28. The minimum absolute atomic E-state index is 0.0126. The monoisotopic (exact) mass is 350 g/mol. The van der Waals surface area contributed by atoms with Gasteiger partial charge in [-0.2, -0.15) is 0 Å². The van der Waals surface area contributed by atoms with Crippen LogP contribution in [0.25, 0.3) is 0 Å². The van der Waals surface area contributed by atoms with E-state index in [1.165, 1.54) is 0 Å². The van der Waals surface area contributed by atoms with Crippen LogP contribution in [0, 0.1) is 20.8 Å². The number of carbonyl (C=O) groups is 2. The van der Waals surface area contributed by atoms with Gasteiger partial charge >= 0.3 is 0 Å². The molecule has 1 aliphatic heterocycles. The zero-order valence-electron chi connectivity index (χ0n) is 16.0. The first-order chi connectivity index (χ1) is 12.4. The van der Waals surface area contributed by atoms with Gasteiger partial charge in [0.2, 0.25) is 0 Å². The Labute approximate surface area is 155 Å². The van der Waals surface area contributed by atoms with Crippen LogP contribution in [0.15, 0.2) is 36.4 Å². The molecule has 1 fully saturated rings. The molecule has 0 spiro atoms. The van der Waals surface area contributed by atoms with Crippen molar-refractivity contribution < 1.29 is 9.59 Å². The molecule has 0 N–H and O–H groups in total. The van der Waals surface area contributed by atoms with Gasteiger partial charge < -0.3 is 9.80 Å². The molecule has 4 heteroatoms. The number of ketones is 1. The van der Waals surface area contributed by atoms with Gasteiger partial charge in [0, 0.05) is 42.9 Å². The summed E-state index contributed by atoms with van der Waals surface area (Å²) in [5, 5.41) is 0. The lowest BCUT2D eigenvalue weighted by atomic mass is 9.93. The van der Waals surface area contributed by atoms with Gasteiger partial charge in [-0.05, 0) is 51.1 Å². The molecule has 2 aromatic carbocycles. The Morgan fingerprint density at radius 3 is 1.85 bits per heavy atom. The van der Waals surface area contributed by atoms with Crippen LogP contribution in [0.5, 0.6) is 0 Å². The molecule has 3 rings (SSSR count). The first-order valence-corrected chi connectivity index (χ1v) is 9.07. The lowest BCUT2D eigenvalue weighted by Gasteiger charge is -2.32. The van der Waals surface area contributed by atoms with E-state index in [2.05, 4.69) is 11.9 Å². The Kier molecular flexibility index (Phi) is 5.23. The SMILES string of the molecule is Cc1cc(C)c(C(=O)c2ccc(C(=O)N3CCN(C)CC3)cc2)c(C)c1. The van der Waals surface area contributed by atoms with Gasteiger partial charge in [0.05, 0.1) is 0 Å². The van der Waals surface area contributed by atoms with Gasteiger partial charge in [0.25, 0.3) is 5.91 Å². The number of aryl methyl sites for hydroxylation is 3. The normalized spacial score (nSPS) is 15.2. The molecule has 136 valence electrons. The Balaban J connectivity index is 1.79. The van der Waals surface area contributed by atoms with Crippen LogP contribution in [0.1, 0.15) is 43.0 Å². The van der Waals surface area contributed by atoms with Crippen molar-refractivity contribution in [1.29, 1.82) is 0 Å². The molecule has 1 aliphatic rings. The number of benzene rings is 2. The quantitative estimate of drug-likeness (QED) is 0.798. The van der Waals surface area contributed by atoms with Crippen molar-refractivity contribution in [2.45, 2.75) is 20.8 Å². The van der Waals surface area contributed by atoms with Crippen molar-refractivity contribution in [3.05, 3.63) is 69.8 Å². The molecule has 2 aromatic rings. The van der Waals surface area contributed by atoms with Crippen molar-refractivity contribution in [2.75, 3.05) is 33.2 Å². The largest absolute Gasteiger partial charge is 0.336 e. The highest BCUT2D eigenvalue weighted by atomic mass is 16.2. The summed E-state index contributed by atoms with van der Waals surface area (Å²) < 4.78 is 0. The van der Waals surface area contributed by atoms with Gasteiger partial charge in [-0.15, -0.1) is 0 Å². The van der Waals surface area contributed by atoms with Gasteiger partial charge in [-0.25, -0.2) is 0 Å². The standard InChI is InChI=1S/C22H26N2O2/c1-15-13-16(2)20(17(3)14-15)21(25)18-5-7-19(8-6-18)22(26)24-11-9-23(4)10-12-24/h5-8,13-14H,9-12H2,1-4H3. The predicted molar refractivity (Wildman–Crippen MR) is 104 cm³/mol. The minimum Gasteiger partial charge on any atom is -0.336 e. The van der Waals surface area contributed by atoms with E-state index in [0.29, 0.717) is 11.1 Å². The predicted octanol–water partition coefficient (Wildman–Crippen LogP) is 3.23. The second-order valence-corrected chi connectivity index (χ2v) is 7.28. The van der Waals surface area contributed by atoms with Gasteiger partial charge in [-0.1, -0.05) is 29.8 Å². The fourth-order valence-corrected chi connectivity index (χ4v) is 3.64. The molecule has 0 radical (unpaired) electrons. The molecular weight excluding hydrogens is 324 g/mol. The Bertz CT molecular complexity index is 809. The maximum absolute atomic E-state index is 12.9. The fraction of sp³-hybridized carbons (Fsp3) is 0.364. The number of hydrogen-bond donors (Lipinski definition) is 0. The summed E-state index contributed by atoms with van der Waals surface area (Å²) in [7, 11) is 2.07. The Morgan fingerprint density at radius 2 is 1.31 bits per heavy atom. The van der Waals surface area contributed by atoms with Gasteiger partial charge in [-0.3, -0.25) is 9.59 Å². The van der Waals surface area contributed by atoms with E-state index in [4.69, 9.17) is 0 Å². The second kappa shape index (κ2) is 7.42. The topological polar surface area (TPSA) is 40.6 Å². The summed E-state index contributed by atoms with van der Waals surface area (Å²) in [5.41, 5.74) is 5.16. The Hall–Kier alpha value is -2.46. The highest BCUT2D eigenvalue weighted by Gasteiger charge is 2.21. The third-order valence-corrected chi connectivity index (χ3v) is 5.09. The third kappa shape index (κ3) is 3.70. The molecule has 0 aliphatic carbocycles. The zero-order chi connectivity index (χ0) is 18.8. The average Bonchev–Trinajstić information content (AvgIpc) is 2.61. The van der Waals surface area contributed by atoms with Crippen molar-refractivity contribution in [1.82, 2.24) is 9.80 Å². The lowest BCUT2D eigenvalue weighted by molar-refractivity contribution is 0.0664. The van der Waals surface area contributed by atoms with Crippen LogP contribution in [-0.2, 0) is 0 Å². The van der Waals surface area contributed by atoms with E-state index >= 15 is 0 Å². The van der Waals surface area contributed by atoms with Crippen LogP contribution < -0.4 is 0 Å². The summed E-state index contributed by atoms with van der Waals surface area (Å²) in [6, 6.07) is 11.1. The molecule has 0 aromatic heterocycles. The minimum atomic E-state index is 0.0126. The summed E-state index contributed by atoms with van der Waals surface area (Å²) in [5.74, 6) is 0.0541. The van der Waals surface area contributed by atoms with Crippen LogP contribution in [-0.4, -0.2) is 54.7 Å². The van der Waals surface area contributed by atoms with Crippen LogP contribution >= 0.6 is 0 Å². The molecule has 1 saturated heterocycles. The number of carbonyl (C=O) groups excluding carboxylic acids is 2. The fourth-order valence-electron chi connectivity index (χ4n) is 3.64. The summed E-state index contributed by atoms with van der Waals surface area (Å²) in [4.78, 5) is 29.6. The van der Waals surface area contributed by atoms with E-state index in [1.807, 2.05) is 37.8 Å². The van der Waals surface area contributed by atoms with Crippen LogP contribution in [0.2, 0.25) is 0 Å². The number of amides is 1. The molecule has 0 unspecified atom stereocenters. The summed E-state index contributed by atoms with van der Waals surface area (Å²) >= 11 is 0. The first kappa shape index (κ1) is 18.3. The average molecular weight is 350 g/mol. The van der Waals surface area contributed by atoms with Crippen LogP contribution in [0.4, 0.5) is 0 Å². The zero-order valence-corrected chi connectivity index (χ0v) is 16.0. The van der Waals surface area contributed by atoms with E-state index in [1.54, 1.807) is 24.3 Å². The first-order valence-electron chi connectivity index (χ1n) is 9.07. The highest BCUT2D eigenvalue weighted by molar-refractivity contribution is 6.11. The number of nitrogens with zero attached hydrogens (tertiary/aromatic N) is 2. The third-order valence-electron chi connectivity index (χ3n) is 5.09.